The molecule has 1 heterocycles. The van der Waals surface area contributed by atoms with E-state index in [2.05, 4.69) is 20.2 Å². The minimum Gasteiger partial charge on any atom is -0.493 e. The van der Waals surface area contributed by atoms with Crippen LogP contribution >= 0.6 is 0 Å². The highest BCUT2D eigenvalue weighted by molar-refractivity contribution is 5.94. The molecule has 1 aromatic carbocycles. The summed E-state index contributed by atoms with van der Waals surface area (Å²) in [5, 5.41) is 3.79. The number of methoxy groups -OCH3 is 1. The molecule has 23 heavy (non-hydrogen) atoms. The van der Waals surface area contributed by atoms with Gasteiger partial charge in [-0.1, -0.05) is 0 Å². The van der Waals surface area contributed by atoms with Gasteiger partial charge in [0.15, 0.2) is 11.5 Å². The maximum atomic E-state index is 12.2. The van der Waals surface area contributed by atoms with Gasteiger partial charge in [0.1, 0.15) is 0 Å². The summed E-state index contributed by atoms with van der Waals surface area (Å²) in [4.78, 5) is 15.6. The first-order valence-corrected chi connectivity index (χ1v) is 6.46. The van der Waals surface area contributed by atoms with Crippen molar-refractivity contribution in [3.05, 3.63) is 53.9 Å². The highest BCUT2D eigenvalue weighted by Gasteiger charge is 2.10. The lowest BCUT2D eigenvalue weighted by Gasteiger charge is -2.09. The molecule has 1 aromatic heterocycles. The second-order valence-electron chi connectivity index (χ2n) is 4.22. The molecule has 0 unspecified atom stereocenters. The second-order valence-corrected chi connectivity index (χ2v) is 4.22. The number of hydrogen-bond acceptors (Lipinski definition) is 5. The van der Waals surface area contributed by atoms with E-state index in [9.17, 15) is 13.6 Å². The van der Waals surface area contributed by atoms with Crippen LogP contribution in [0.15, 0.2) is 47.8 Å². The standard InChI is InChI=1S/C15H13F2N3O3/c1-22-13-8-10(2-3-12(13)23-15(16)17)9-19-20-14(21)11-4-6-18-7-5-11/h2-9,15H,1H3,(H,20,21)/b19-9-. The molecule has 0 saturated heterocycles. The second kappa shape index (κ2) is 7.83. The number of amides is 1. The van der Waals surface area contributed by atoms with E-state index < -0.39 is 12.5 Å². The first-order chi connectivity index (χ1) is 11.1. The normalized spacial score (nSPS) is 10.8. The predicted molar refractivity (Wildman–Crippen MR) is 78.9 cm³/mol. The van der Waals surface area contributed by atoms with Gasteiger partial charge in [0, 0.05) is 18.0 Å². The van der Waals surface area contributed by atoms with Gasteiger partial charge in [-0.2, -0.15) is 13.9 Å². The zero-order chi connectivity index (χ0) is 16.7. The smallest absolute Gasteiger partial charge is 0.387 e. The number of pyridine rings is 1. The van der Waals surface area contributed by atoms with Gasteiger partial charge in [-0.3, -0.25) is 9.78 Å². The molecule has 8 heteroatoms. The molecule has 1 N–H and O–H groups in total. The number of halogens is 2. The summed E-state index contributed by atoms with van der Waals surface area (Å²) < 4.78 is 33.8. The number of hydrogen-bond donors (Lipinski definition) is 1. The number of hydrazone groups is 1. The van der Waals surface area contributed by atoms with Crippen molar-refractivity contribution in [1.82, 2.24) is 10.4 Å². The minimum absolute atomic E-state index is 0.0829. The first-order valence-electron chi connectivity index (χ1n) is 6.46. The van der Waals surface area contributed by atoms with Crippen molar-refractivity contribution in [3.63, 3.8) is 0 Å². The number of alkyl halides is 2. The van der Waals surface area contributed by atoms with E-state index in [0.717, 1.165) is 0 Å². The molecule has 0 spiro atoms. The van der Waals surface area contributed by atoms with E-state index in [1.54, 1.807) is 12.1 Å². The third-order valence-electron chi connectivity index (χ3n) is 2.73. The third-order valence-corrected chi connectivity index (χ3v) is 2.73. The van der Waals surface area contributed by atoms with E-state index in [-0.39, 0.29) is 11.5 Å². The summed E-state index contributed by atoms with van der Waals surface area (Å²) in [5.41, 5.74) is 3.30. The molecule has 2 aromatic rings. The SMILES string of the molecule is COc1cc(/C=N\NC(=O)c2ccncc2)ccc1OC(F)F. The molecular formula is C15H13F2N3O3. The largest absolute Gasteiger partial charge is 0.493 e. The summed E-state index contributed by atoms with van der Waals surface area (Å²) in [6.45, 7) is -2.94. The van der Waals surface area contributed by atoms with Crippen LogP contribution in [0.25, 0.3) is 0 Å². The molecule has 0 radical (unpaired) electrons. The Morgan fingerprint density at radius 2 is 2.00 bits per heavy atom. The van der Waals surface area contributed by atoms with Crippen LogP contribution in [0.1, 0.15) is 15.9 Å². The number of aromatic nitrogens is 1. The van der Waals surface area contributed by atoms with Crippen LogP contribution in [0.3, 0.4) is 0 Å². The fourth-order valence-corrected chi connectivity index (χ4v) is 1.69. The average molecular weight is 321 g/mol. The lowest BCUT2D eigenvalue weighted by atomic mass is 10.2. The van der Waals surface area contributed by atoms with Crippen LogP contribution in [-0.4, -0.2) is 30.8 Å². The molecule has 6 nitrogen and oxygen atoms in total. The molecule has 0 aliphatic heterocycles. The Labute approximate surface area is 130 Å². The zero-order valence-corrected chi connectivity index (χ0v) is 12.1. The maximum absolute atomic E-state index is 12.2. The van der Waals surface area contributed by atoms with Gasteiger partial charge >= 0.3 is 6.61 Å². The maximum Gasteiger partial charge on any atom is 0.387 e. The Morgan fingerprint density at radius 1 is 1.26 bits per heavy atom. The fourth-order valence-electron chi connectivity index (χ4n) is 1.69. The molecular weight excluding hydrogens is 308 g/mol. The highest BCUT2D eigenvalue weighted by Crippen LogP contribution is 2.28. The van der Waals surface area contributed by atoms with E-state index in [1.807, 2.05) is 0 Å². The molecule has 2 rings (SSSR count). The number of ether oxygens (including phenoxy) is 2. The van der Waals surface area contributed by atoms with Crippen molar-refractivity contribution in [2.75, 3.05) is 7.11 Å². The van der Waals surface area contributed by atoms with Crippen LogP contribution in [0.5, 0.6) is 11.5 Å². The highest BCUT2D eigenvalue weighted by atomic mass is 19.3. The Bertz CT molecular complexity index is 694. The Morgan fingerprint density at radius 3 is 2.65 bits per heavy atom. The minimum atomic E-state index is -2.94. The Hall–Kier alpha value is -3.03. The average Bonchev–Trinajstić information content (AvgIpc) is 2.56. The topological polar surface area (TPSA) is 72.8 Å². The quantitative estimate of drug-likeness (QED) is 0.655. The van der Waals surface area contributed by atoms with Gasteiger partial charge in [-0.05, 0) is 35.9 Å². The van der Waals surface area contributed by atoms with Crippen molar-refractivity contribution >= 4 is 12.1 Å². The van der Waals surface area contributed by atoms with Crippen molar-refractivity contribution < 1.29 is 23.0 Å². The number of carbonyl (C=O) groups excluding carboxylic acids is 1. The van der Waals surface area contributed by atoms with Gasteiger partial charge in [0.05, 0.1) is 13.3 Å². The van der Waals surface area contributed by atoms with Crippen molar-refractivity contribution in [2.45, 2.75) is 6.61 Å². The van der Waals surface area contributed by atoms with Crippen LogP contribution in [-0.2, 0) is 0 Å². The van der Waals surface area contributed by atoms with Crippen molar-refractivity contribution in [2.24, 2.45) is 5.10 Å². The third kappa shape index (κ3) is 4.73. The number of rotatable bonds is 6. The molecule has 0 aliphatic carbocycles. The van der Waals surface area contributed by atoms with E-state index in [4.69, 9.17) is 4.74 Å². The van der Waals surface area contributed by atoms with Crippen LogP contribution < -0.4 is 14.9 Å². The number of carbonyl (C=O) groups is 1. The molecule has 0 aliphatic rings. The summed E-state index contributed by atoms with van der Waals surface area (Å²) >= 11 is 0. The van der Waals surface area contributed by atoms with Crippen LogP contribution in [0.4, 0.5) is 8.78 Å². The van der Waals surface area contributed by atoms with Gasteiger partial charge < -0.3 is 9.47 Å². The summed E-state index contributed by atoms with van der Waals surface area (Å²) in [6.07, 6.45) is 4.34. The lowest BCUT2D eigenvalue weighted by Crippen LogP contribution is -2.17. The van der Waals surface area contributed by atoms with Crippen molar-refractivity contribution in [1.29, 1.82) is 0 Å². The summed E-state index contributed by atoms with van der Waals surface area (Å²) in [7, 11) is 1.33. The predicted octanol–water partition coefficient (Wildman–Crippen LogP) is 2.46. The van der Waals surface area contributed by atoms with Gasteiger partial charge in [-0.25, -0.2) is 5.43 Å². The molecule has 0 atom stereocenters. The van der Waals surface area contributed by atoms with Gasteiger partial charge in [0.25, 0.3) is 5.91 Å². The zero-order valence-electron chi connectivity index (χ0n) is 12.1. The van der Waals surface area contributed by atoms with Gasteiger partial charge in [0.2, 0.25) is 0 Å². The summed E-state index contributed by atoms with van der Waals surface area (Å²) in [5.74, 6) is -0.344. The Balaban J connectivity index is 2.03. The van der Waals surface area contributed by atoms with E-state index >= 15 is 0 Å². The van der Waals surface area contributed by atoms with E-state index in [1.165, 1.54) is 43.9 Å². The number of nitrogens with zero attached hydrogens (tertiary/aromatic N) is 2. The first kappa shape index (κ1) is 16.3. The summed E-state index contributed by atoms with van der Waals surface area (Å²) in [6, 6.07) is 7.38. The van der Waals surface area contributed by atoms with Gasteiger partial charge in [-0.15, -0.1) is 0 Å². The van der Waals surface area contributed by atoms with Crippen LogP contribution in [0.2, 0.25) is 0 Å². The molecule has 0 saturated carbocycles. The number of benzene rings is 1. The molecule has 1 amide bonds. The van der Waals surface area contributed by atoms with E-state index in [0.29, 0.717) is 11.1 Å². The Kier molecular flexibility index (Phi) is 5.56. The molecule has 0 bridgehead atoms. The lowest BCUT2D eigenvalue weighted by molar-refractivity contribution is -0.0512. The number of nitrogens with one attached hydrogen (secondary N) is 1. The van der Waals surface area contributed by atoms with Crippen LogP contribution in [0, 0.1) is 0 Å². The molecule has 120 valence electrons. The molecule has 0 fully saturated rings. The van der Waals surface area contributed by atoms with Crippen molar-refractivity contribution in [3.8, 4) is 11.5 Å². The fraction of sp³-hybridized carbons (Fsp3) is 0.133. The monoisotopic (exact) mass is 321 g/mol.